The molecule has 0 radical (unpaired) electrons. The Hall–Kier alpha value is -1.40. The largest absolute Gasteiger partial charge is 0.377 e. The van der Waals surface area contributed by atoms with Gasteiger partial charge in [-0.05, 0) is 18.4 Å². The maximum absolute atomic E-state index is 5.49. The van der Waals surface area contributed by atoms with Gasteiger partial charge in [0.05, 0.1) is 24.6 Å². The van der Waals surface area contributed by atoms with Crippen LogP contribution in [0.1, 0.15) is 6.92 Å². The van der Waals surface area contributed by atoms with E-state index in [-0.39, 0.29) is 0 Å². The van der Waals surface area contributed by atoms with Crippen LogP contribution in [0.2, 0.25) is 0 Å². The van der Waals surface area contributed by atoms with Crippen LogP contribution in [0, 0.1) is 0 Å². The molecule has 3 heterocycles. The fraction of sp³-hybridized carbons (Fsp3) is 0.500. The Morgan fingerprint density at radius 1 is 1.50 bits per heavy atom. The number of thiophene rings is 1. The molecule has 0 aromatic carbocycles. The molecule has 1 unspecified atom stereocenters. The van der Waals surface area contributed by atoms with Crippen LogP contribution in [0.4, 0.5) is 11.8 Å². The topological polar surface area (TPSA) is 50.3 Å². The molecule has 1 saturated heterocycles. The van der Waals surface area contributed by atoms with Gasteiger partial charge in [-0.2, -0.15) is 4.98 Å². The molecular weight excluding hydrogens is 248 g/mol. The fourth-order valence-corrected chi connectivity index (χ4v) is 2.97. The highest BCUT2D eigenvalue weighted by Crippen LogP contribution is 2.30. The molecule has 1 fully saturated rings. The average Bonchev–Trinajstić information content (AvgIpc) is 2.86. The van der Waals surface area contributed by atoms with Crippen molar-refractivity contribution in [2.45, 2.75) is 13.0 Å². The number of rotatable bonds is 2. The molecule has 0 aliphatic carbocycles. The van der Waals surface area contributed by atoms with Gasteiger partial charge in [0, 0.05) is 13.6 Å². The van der Waals surface area contributed by atoms with Crippen molar-refractivity contribution in [3.05, 3.63) is 11.4 Å². The Balaban J connectivity index is 2.10. The molecule has 1 atom stereocenters. The predicted octanol–water partition coefficient (Wildman–Crippen LogP) is 1.96. The second kappa shape index (κ2) is 4.70. The van der Waals surface area contributed by atoms with Crippen molar-refractivity contribution in [2.24, 2.45) is 0 Å². The zero-order valence-corrected chi connectivity index (χ0v) is 11.3. The summed E-state index contributed by atoms with van der Waals surface area (Å²) in [5.74, 6) is 1.69. The third kappa shape index (κ3) is 1.91. The molecule has 0 saturated carbocycles. The SMILES string of the molecule is CNc1nc(N2CCOCC2C)c2ccsc2n1. The number of nitrogens with zero attached hydrogens (tertiary/aromatic N) is 3. The molecule has 96 valence electrons. The molecule has 1 aliphatic rings. The van der Waals surface area contributed by atoms with Crippen LogP contribution >= 0.6 is 11.3 Å². The number of hydrogen-bond acceptors (Lipinski definition) is 6. The van der Waals surface area contributed by atoms with E-state index in [0.29, 0.717) is 12.0 Å². The number of nitrogens with one attached hydrogen (secondary N) is 1. The highest BCUT2D eigenvalue weighted by atomic mass is 32.1. The summed E-state index contributed by atoms with van der Waals surface area (Å²) in [5.41, 5.74) is 0. The molecular formula is C12H16N4OS. The molecule has 3 rings (SSSR count). The summed E-state index contributed by atoms with van der Waals surface area (Å²) < 4.78 is 5.49. The van der Waals surface area contributed by atoms with Crippen LogP contribution in [0.3, 0.4) is 0 Å². The first-order valence-corrected chi connectivity index (χ1v) is 6.95. The van der Waals surface area contributed by atoms with E-state index in [4.69, 9.17) is 4.74 Å². The first-order chi connectivity index (χ1) is 8.79. The highest BCUT2D eigenvalue weighted by molar-refractivity contribution is 7.16. The van der Waals surface area contributed by atoms with Crippen LogP contribution in [-0.4, -0.2) is 42.8 Å². The molecule has 1 N–H and O–H groups in total. The fourth-order valence-electron chi connectivity index (χ4n) is 2.21. The molecule has 0 bridgehead atoms. The van der Waals surface area contributed by atoms with Crippen LogP contribution in [0.15, 0.2) is 11.4 Å². The lowest BCUT2D eigenvalue weighted by atomic mass is 10.2. The highest BCUT2D eigenvalue weighted by Gasteiger charge is 2.23. The third-order valence-electron chi connectivity index (χ3n) is 3.17. The van der Waals surface area contributed by atoms with Crippen molar-refractivity contribution in [3.63, 3.8) is 0 Å². The summed E-state index contributed by atoms with van der Waals surface area (Å²) in [7, 11) is 1.85. The van der Waals surface area contributed by atoms with Gasteiger partial charge in [0.25, 0.3) is 0 Å². The van der Waals surface area contributed by atoms with Crippen LogP contribution in [-0.2, 0) is 4.74 Å². The van der Waals surface area contributed by atoms with Gasteiger partial charge >= 0.3 is 0 Å². The Labute approximate surface area is 110 Å². The number of morpholine rings is 1. The van der Waals surface area contributed by atoms with E-state index in [1.54, 1.807) is 11.3 Å². The van der Waals surface area contributed by atoms with Gasteiger partial charge in [0.15, 0.2) is 0 Å². The lowest BCUT2D eigenvalue weighted by molar-refractivity contribution is 0.0987. The number of hydrogen-bond donors (Lipinski definition) is 1. The Bertz CT molecular complexity index is 556. The quantitative estimate of drug-likeness (QED) is 0.898. The number of anilines is 2. The van der Waals surface area contributed by atoms with Gasteiger partial charge in [0.2, 0.25) is 5.95 Å². The van der Waals surface area contributed by atoms with Crippen molar-refractivity contribution in [2.75, 3.05) is 37.0 Å². The van der Waals surface area contributed by atoms with E-state index in [0.717, 1.165) is 35.8 Å². The molecule has 1 aliphatic heterocycles. The second-order valence-electron chi connectivity index (χ2n) is 4.38. The van der Waals surface area contributed by atoms with Gasteiger partial charge in [-0.1, -0.05) is 0 Å². The first kappa shape index (κ1) is 11.7. The van der Waals surface area contributed by atoms with Crippen LogP contribution < -0.4 is 10.2 Å². The van der Waals surface area contributed by atoms with Gasteiger partial charge in [-0.25, -0.2) is 4.98 Å². The lowest BCUT2D eigenvalue weighted by Crippen LogP contribution is -2.44. The second-order valence-corrected chi connectivity index (χ2v) is 5.27. The standard InChI is InChI=1S/C12H16N4OS/c1-8-7-17-5-4-16(8)10-9-3-6-18-11(9)15-12(13-2)14-10/h3,6,8H,4-5,7H2,1-2H3,(H,13,14,15). The summed E-state index contributed by atoms with van der Waals surface area (Å²) in [6.07, 6.45) is 0. The Kier molecular flexibility index (Phi) is 3.05. The average molecular weight is 264 g/mol. The third-order valence-corrected chi connectivity index (χ3v) is 3.97. The van der Waals surface area contributed by atoms with Crippen LogP contribution in [0.5, 0.6) is 0 Å². The Morgan fingerprint density at radius 2 is 2.39 bits per heavy atom. The molecule has 0 spiro atoms. The van der Waals surface area contributed by atoms with E-state index in [1.165, 1.54) is 0 Å². The van der Waals surface area contributed by atoms with Crippen molar-refractivity contribution in [1.82, 2.24) is 9.97 Å². The van der Waals surface area contributed by atoms with E-state index >= 15 is 0 Å². The number of aromatic nitrogens is 2. The minimum atomic E-state index is 0.349. The monoisotopic (exact) mass is 264 g/mol. The zero-order chi connectivity index (χ0) is 12.5. The molecule has 2 aromatic rings. The smallest absolute Gasteiger partial charge is 0.225 e. The van der Waals surface area contributed by atoms with Gasteiger partial charge in [-0.15, -0.1) is 11.3 Å². The predicted molar refractivity (Wildman–Crippen MR) is 74.6 cm³/mol. The number of ether oxygens (including phenoxy) is 1. The van der Waals surface area contributed by atoms with E-state index in [9.17, 15) is 0 Å². The lowest BCUT2D eigenvalue weighted by Gasteiger charge is -2.34. The maximum Gasteiger partial charge on any atom is 0.225 e. The zero-order valence-electron chi connectivity index (χ0n) is 10.5. The van der Waals surface area contributed by atoms with Crippen molar-refractivity contribution < 1.29 is 4.74 Å². The minimum Gasteiger partial charge on any atom is -0.377 e. The number of fused-ring (bicyclic) bond motifs is 1. The van der Waals surface area contributed by atoms with Gasteiger partial charge < -0.3 is 15.0 Å². The molecule has 18 heavy (non-hydrogen) atoms. The normalized spacial score (nSPS) is 20.3. The molecule has 6 heteroatoms. The minimum absolute atomic E-state index is 0.349. The first-order valence-electron chi connectivity index (χ1n) is 6.07. The maximum atomic E-state index is 5.49. The Morgan fingerprint density at radius 3 is 3.17 bits per heavy atom. The van der Waals surface area contributed by atoms with Crippen molar-refractivity contribution in [3.8, 4) is 0 Å². The van der Waals surface area contributed by atoms with E-state index in [2.05, 4.69) is 38.6 Å². The van der Waals surface area contributed by atoms with E-state index in [1.807, 2.05) is 7.05 Å². The summed E-state index contributed by atoms with van der Waals surface area (Å²) in [4.78, 5) is 12.4. The van der Waals surface area contributed by atoms with Crippen LogP contribution in [0.25, 0.3) is 10.2 Å². The summed E-state index contributed by atoms with van der Waals surface area (Å²) >= 11 is 1.65. The van der Waals surface area contributed by atoms with E-state index < -0.39 is 0 Å². The molecule has 0 amide bonds. The molecule has 5 nitrogen and oxygen atoms in total. The summed E-state index contributed by atoms with van der Waals surface area (Å²) in [6.45, 7) is 4.56. The summed E-state index contributed by atoms with van der Waals surface area (Å²) in [5, 5.41) is 6.22. The molecule has 2 aromatic heterocycles. The summed E-state index contributed by atoms with van der Waals surface area (Å²) in [6, 6.07) is 2.44. The van der Waals surface area contributed by atoms with Crippen molar-refractivity contribution in [1.29, 1.82) is 0 Å². The van der Waals surface area contributed by atoms with Gasteiger partial charge in [0.1, 0.15) is 10.6 Å². The van der Waals surface area contributed by atoms with Crippen molar-refractivity contribution >= 4 is 33.3 Å². The van der Waals surface area contributed by atoms with Gasteiger partial charge in [-0.3, -0.25) is 0 Å².